The molecule has 0 bridgehead atoms. The Labute approximate surface area is 97.9 Å². The van der Waals surface area contributed by atoms with Gasteiger partial charge in [-0.2, -0.15) is 0 Å². The summed E-state index contributed by atoms with van der Waals surface area (Å²) in [6.07, 6.45) is 1.76. The average molecular weight is 235 g/mol. The van der Waals surface area contributed by atoms with Gasteiger partial charge in [-0.05, 0) is 18.6 Å². The van der Waals surface area contributed by atoms with E-state index in [1.807, 2.05) is 19.1 Å². The fourth-order valence-corrected chi connectivity index (χ4v) is 2.17. The number of hydrogen-bond acceptors (Lipinski definition) is 5. The van der Waals surface area contributed by atoms with Gasteiger partial charge in [-0.15, -0.1) is 5.10 Å². The standard InChI is InChI=1S/C10H13N5S/c1-7-13-10(15-14-7)16-6-8-3-2-4-12-9(8)5-11/h2-4H,5-6,11H2,1H3,(H,13,14,15). The van der Waals surface area contributed by atoms with Crippen molar-refractivity contribution in [1.29, 1.82) is 0 Å². The lowest BCUT2D eigenvalue weighted by Crippen LogP contribution is -2.03. The lowest BCUT2D eigenvalue weighted by molar-refractivity contribution is 0.954. The van der Waals surface area contributed by atoms with E-state index >= 15 is 0 Å². The zero-order chi connectivity index (χ0) is 11.4. The van der Waals surface area contributed by atoms with Gasteiger partial charge in [-0.25, -0.2) is 4.98 Å². The van der Waals surface area contributed by atoms with Crippen LogP contribution < -0.4 is 5.73 Å². The van der Waals surface area contributed by atoms with E-state index in [1.54, 1.807) is 18.0 Å². The summed E-state index contributed by atoms with van der Waals surface area (Å²) in [5, 5.41) is 7.63. The first-order valence-electron chi connectivity index (χ1n) is 4.94. The van der Waals surface area contributed by atoms with Crippen LogP contribution in [0.25, 0.3) is 0 Å². The largest absolute Gasteiger partial charge is 0.325 e. The highest BCUT2D eigenvalue weighted by Gasteiger charge is 2.05. The molecule has 0 spiro atoms. The van der Waals surface area contributed by atoms with Crippen LogP contribution in [-0.2, 0) is 12.3 Å². The first kappa shape index (κ1) is 11.1. The second-order valence-electron chi connectivity index (χ2n) is 3.31. The molecule has 2 aromatic heterocycles. The number of nitrogens with two attached hydrogens (primary N) is 1. The number of aryl methyl sites for hydroxylation is 1. The number of nitrogens with zero attached hydrogens (tertiary/aromatic N) is 3. The molecular formula is C10H13N5S. The minimum atomic E-state index is 0.462. The molecule has 0 aliphatic rings. The zero-order valence-electron chi connectivity index (χ0n) is 8.97. The number of pyridine rings is 1. The predicted molar refractivity (Wildman–Crippen MR) is 62.8 cm³/mol. The Kier molecular flexibility index (Phi) is 3.53. The third-order valence-electron chi connectivity index (χ3n) is 2.11. The van der Waals surface area contributed by atoms with Crippen molar-refractivity contribution in [2.75, 3.05) is 0 Å². The molecule has 0 aromatic carbocycles. The van der Waals surface area contributed by atoms with Gasteiger partial charge in [-0.1, -0.05) is 17.8 Å². The second-order valence-corrected chi connectivity index (χ2v) is 4.25. The molecule has 0 fully saturated rings. The predicted octanol–water partition coefficient (Wildman–Crippen LogP) is 1.26. The molecule has 16 heavy (non-hydrogen) atoms. The lowest BCUT2D eigenvalue weighted by atomic mass is 10.2. The van der Waals surface area contributed by atoms with Crippen molar-refractivity contribution in [1.82, 2.24) is 20.2 Å². The van der Waals surface area contributed by atoms with E-state index in [1.165, 1.54) is 0 Å². The summed E-state index contributed by atoms with van der Waals surface area (Å²) in [5.41, 5.74) is 7.68. The summed E-state index contributed by atoms with van der Waals surface area (Å²) in [5.74, 6) is 1.62. The molecule has 84 valence electrons. The van der Waals surface area contributed by atoms with Crippen LogP contribution in [0.15, 0.2) is 23.5 Å². The van der Waals surface area contributed by atoms with Crippen LogP contribution >= 0.6 is 11.8 Å². The van der Waals surface area contributed by atoms with Crippen LogP contribution in [0.5, 0.6) is 0 Å². The van der Waals surface area contributed by atoms with Gasteiger partial charge in [0.2, 0.25) is 5.16 Å². The summed E-state index contributed by atoms with van der Waals surface area (Å²) < 4.78 is 0. The van der Waals surface area contributed by atoms with Gasteiger partial charge in [0.1, 0.15) is 5.82 Å². The first-order chi connectivity index (χ1) is 7.79. The van der Waals surface area contributed by atoms with Gasteiger partial charge < -0.3 is 5.73 Å². The van der Waals surface area contributed by atoms with Crippen LogP contribution in [0.2, 0.25) is 0 Å². The van der Waals surface area contributed by atoms with E-state index in [-0.39, 0.29) is 0 Å². The average Bonchev–Trinajstić information content (AvgIpc) is 2.73. The summed E-state index contributed by atoms with van der Waals surface area (Å²) in [6.45, 7) is 2.34. The zero-order valence-corrected chi connectivity index (χ0v) is 9.79. The molecule has 3 N–H and O–H groups in total. The molecule has 0 saturated heterocycles. The van der Waals surface area contributed by atoms with Crippen molar-refractivity contribution in [3.05, 3.63) is 35.4 Å². The van der Waals surface area contributed by atoms with Crippen molar-refractivity contribution >= 4 is 11.8 Å². The normalized spacial score (nSPS) is 10.6. The Bertz CT molecular complexity index is 468. The van der Waals surface area contributed by atoms with Gasteiger partial charge in [-0.3, -0.25) is 10.1 Å². The van der Waals surface area contributed by atoms with Crippen molar-refractivity contribution in [2.45, 2.75) is 24.4 Å². The van der Waals surface area contributed by atoms with Crippen molar-refractivity contribution in [2.24, 2.45) is 5.73 Å². The van der Waals surface area contributed by atoms with Gasteiger partial charge in [0, 0.05) is 18.5 Å². The Morgan fingerprint density at radius 3 is 3.06 bits per heavy atom. The first-order valence-corrected chi connectivity index (χ1v) is 5.93. The molecule has 2 heterocycles. The second kappa shape index (κ2) is 5.09. The fraction of sp³-hybridized carbons (Fsp3) is 0.300. The number of H-pyrrole nitrogens is 1. The summed E-state index contributed by atoms with van der Waals surface area (Å²) in [6, 6.07) is 3.94. The molecule has 5 nitrogen and oxygen atoms in total. The van der Waals surface area contributed by atoms with Gasteiger partial charge in [0.05, 0.1) is 5.69 Å². The van der Waals surface area contributed by atoms with Gasteiger partial charge in [0.25, 0.3) is 0 Å². The number of nitrogens with one attached hydrogen (secondary N) is 1. The number of thioether (sulfide) groups is 1. The third-order valence-corrected chi connectivity index (χ3v) is 3.01. The van der Waals surface area contributed by atoms with Crippen molar-refractivity contribution < 1.29 is 0 Å². The van der Waals surface area contributed by atoms with Gasteiger partial charge >= 0.3 is 0 Å². The fourth-order valence-electron chi connectivity index (χ4n) is 1.32. The third kappa shape index (κ3) is 2.59. The molecule has 2 aromatic rings. The maximum Gasteiger partial charge on any atom is 0.208 e. The van der Waals surface area contributed by atoms with E-state index in [4.69, 9.17) is 5.73 Å². The highest BCUT2D eigenvalue weighted by atomic mass is 32.2. The number of rotatable bonds is 4. The summed E-state index contributed by atoms with van der Waals surface area (Å²) in [7, 11) is 0. The van der Waals surface area contributed by atoms with Crippen LogP contribution in [0, 0.1) is 6.92 Å². The summed E-state index contributed by atoms with van der Waals surface area (Å²) >= 11 is 1.57. The Balaban J connectivity index is 2.04. The van der Waals surface area contributed by atoms with E-state index in [9.17, 15) is 0 Å². The maximum absolute atomic E-state index is 5.61. The number of aromatic amines is 1. The number of hydrogen-bond donors (Lipinski definition) is 2. The molecule has 0 unspecified atom stereocenters. The van der Waals surface area contributed by atoms with Gasteiger partial charge in [0.15, 0.2) is 0 Å². The summed E-state index contributed by atoms with van der Waals surface area (Å²) in [4.78, 5) is 8.45. The monoisotopic (exact) mass is 235 g/mol. The quantitative estimate of drug-likeness (QED) is 0.780. The topological polar surface area (TPSA) is 80.5 Å². The molecule has 2 rings (SSSR count). The number of aromatic nitrogens is 4. The van der Waals surface area contributed by atoms with Crippen LogP contribution in [0.4, 0.5) is 0 Å². The molecular weight excluding hydrogens is 222 g/mol. The van der Waals surface area contributed by atoms with E-state index in [2.05, 4.69) is 20.2 Å². The van der Waals surface area contributed by atoms with Crippen LogP contribution in [0.3, 0.4) is 0 Å². The minimum Gasteiger partial charge on any atom is -0.325 e. The van der Waals surface area contributed by atoms with E-state index < -0.39 is 0 Å². The smallest absolute Gasteiger partial charge is 0.208 e. The van der Waals surface area contributed by atoms with Crippen molar-refractivity contribution in [3.63, 3.8) is 0 Å². The Morgan fingerprint density at radius 2 is 2.38 bits per heavy atom. The molecule has 6 heteroatoms. The van der Waals surface area contributed by atoms with E-state index in [0.29, 0.717) is 6.54 Å². The molecule has 0 saturated carbocycles. The Morgan fingerprint density at radius 1 is 1.50 bits per heavy atom. The van der Waals surface area contributed by atoms with Crippen molar-refractivity contribution in [3.8, 4) is 0 Å². The van der Waals surface area contributed by atoms with E-state index in [0.717, 1.165) is 28.0 Å². The molecule has 0 aliphatic carbocycles. The SMILES string of the molecule is Cc1nc(SCc2cccnc2CN)n[nH]1. The highest BCUT2D eigenvalue weighted by Crippen LogP contribution is 2.20. The molecule has 0 aliphatic heterocycles. The van der Waals surface area contributed by atoms with Crippen LogP contribution in [-0.4, -0.2) is 20.2 Å². The molecule has 0 atom stereocenters. The highest BCUT2D eigenvalue weighted by molar-refractivity contribution is 7.98. The minimum absolute atomic E-state index is 0.462. The maximum atomic E-state index is 5.61. The Hall–Kier alpha value is -1.40. The molecule has 0 radical (unpaired) electrons. The lowest BCUT2D eigenvalue weighted by Gasteiger charge is -2.03. The van der Waals surface area contributed by atoms with Crippen LogP contribution in [0.1, 0.15) is 17.1 Å². The molecule has 0 amide bonds.